The summed E-state index contributed by atoms with van der Waals surface area (Å²) in [4.78, 5) is 13.2. The van der Waals surface area contributed by atoms with Gasteiger partial charge in [0.25, 0.3) is 0 Å². The molecule has 1 aliphatic heterocycles. The number of carbonyl (C=O) groups excluding carboxylic acids is 1. The molecule has 0 spiro atoms. The van der Waals surface area contributed by atoms with Crippen LogP contribution in [-0.4, -0.2) is 38.0 Å². The molecule has 1 aromatic heterocycles. The zero-order valence-electron chi connectivity index (χ0n) is 14.1. The van der Waals surface area contributed by atoms with Gasteiger partial charge in [-0.15, -0.1) is 11.8 Å². The van der Waals surface area contributed by atoms with Crippen LogP contribution in [0.2, 0.25) is 0 Å². The molecule has 0 saturated carbocycles. The van der Waals surface area contributed by atoms with Crippen LogP contribution in [0.3, 0.4) is 0 Å². The molecule has 3 rings (SSSR count). The van der Waals surface area contributed by atoms with Crippen molar-refractivity contribution in [2.45, 2.75) is 29.7 Å². The predicted octanol–water partition coefficient (Wildman–Crippen LogP) is 3.50. The van der Waals surface area contributed by atoms with Crippen molar-refractivity contribution in [3.63, 3.8) is 0 Å². The number of hydrogen-bond acceptors (Lipinski definition) is 5. The van der Waals surface area contributed by atoms with E-state index in [9.17, 15) is 4.79 Å². The van der Waals surface area contributed by atoms with Gasteiger partial charge in [0.1, 0.15) is 11.9 Å². The molecule has 1 aliphatic rings. The van der Waals surface area contributed by atoms with E-state index in [0.717, 1.165) is 22.1 Å². The van der Waals surface area contributed by atoms with Gasteiger partial charge in [-0.2, -0.15) is 0 Å². The Balaban J connectivity index is 1.46. The fraction of sp³-hybridized carbons (Fsp3) is 0.389. The van der Waals surface area contributed by atoms with E-state index in [1.807, 2.05) is 43.3 Å². The molecule has 7 heteroatoms. The fourth-order valence-electron chi connectivity index (χ4n) is 2.57. The summed E-state index contributed by atoms with van der Waals surface area (Å²) in [5.74, 6) is 1.72. The minimum Gasteiger partial charge on any atom is -0.468 e. The molecule has 2 atom stereocenters. The quantitative estimate of drug-likeness (QED) is 0.738. The number of carbonyl (C=O) groups is 1. The van der Waals surface area contributed by atoms with Crippen molar-refractivity contribution in [3.05, 3.63) is 48.4 Å². The first-order valence-electron chi connectivity index (χ1n) is 8.26. The van der Waals surface area contributed by atoms with E-state index in [0.29, 0.717) is 19.8 Å². The van der Waals surface area contributed by atoms with Gasteiger partial charge in [-0.1, -0.05) is 0 Å². The van der Waals surface area contributed by atoms with Gasteiger partial charge in [-0.05, 0) is 43.3 Å². The zero-order chi connectivity index (χ0) is 17.5. The minimum atomic E-state index is -0.254. The standard InChI is InChI=1S/C18H22N2O4S/c1-2-23-17-11-22-10-16(17)20-18(21)19-13-5-7-15(8-6-13)25-12-14-4-3-9-24-14/h3-9,16-17H,2,10-12H2,1H3,(H2,19,20,21)/t16-,17-/m0/s1. The number of furan rings is 1. The lowest BCUT2D eigenvalue weighted by Gasteiger charge is -2.19. The summed E-state index contributed by atoms with van der Waals surface area (Å²) < 4.78 is 16.2. The van der Waals surface area contributed by atoms with Gasteiger partial charge >= 0.3 is 6.03 Å². The Bertz CT molecular complexity index is 660. The maximum Gasteiger partial charge on any atom is 0.319 e. The van der Waals surface area contributed by atoms with Crippen LogP contribution in [0.5, 0.6) is 0 Å². The van der Waals surface area contributed by atoms with Gasteiger partial charge in [-0.3, -0.25) is 0 Å². The lowest BCUT2D eigenvalue weighted by Crippen LogP contribution is -2.45. The first-order chi connectivity index (χ1) is 12.2. The Kier molecular flexibility index (Phi) is 6.38. The molecular formula is C18H22N2O4S. The van der Waals surface area contributed by atoms with Crippen molar-refractivity contribution in [2.24, 2.45) is 0 Å². The summed E-state index contributed by atoms with van der Waals surface area (Å²) >= 11 is 1.68. The van der Waals surface area contributed by atoms with Gasteiger partial charge in [-0.25, -0.2) is 4.79 Å². The van der Waals surface area contributed by atoms with E-state index < -0.39 is 0 Å². The lowest BCUT2D eigenvalue weighted by molar-refractivity contribution is 0.0428. The maximum absolute atomic E-state index is 12.1. The van der Waals surface area contributed by atoms with Crippen molar-refractivity contribution in [1.29, 1.82) is 0 Å². The third-order valence-electron chi connectivity index (χ3n) is 3.80. The van der Waals surface area contributed by atoms with Crippen molar-refractivity contribution >= 4 is 23.5 Å². The van der Waals surface area contributed by atoms with E-state index >= 15 is 0 Å². The lowest BCUT2D eigenvalue weighted by atomic mass is 10.2. The highest BCUT2D eigenvalue weighted by atomic mass is 32.2. The Morgan fingerprint density at radius 3 is 2.84 bits per heavy atom. The number of hydrogen-bond donors (Lipinski definition) is 2. The van der Waals surface area contributed by atoms with Crippen molar-refractivity contribution in [2.75, 3.05) is 25.1 Å². The molecule has 0 aliphatic carbocycles. The van der Waals surface area contributed by atoms with E-state index in [4.69, 9.17) is 13.9 Å². The summed E-state index contributed by atoms with van der Waals surface area (Å²) in [5.41, 5.74) is 0.742. The van der Waals surface area contributed by atoms with Crippen LogP contribution in [-0.2, 0) is 15.2 Å². The Morgan fingerprint density at radius 2 is 2.12 bits per heavy atom. The summed E-state index contributed by atoms with van der Waals surface area (Å²) in [6.07, 6.45) is 1.59. The SMILES string of the molecule is CCO[C@H]1COC[C@@H]1NC(=O)Nc1ccc(SCc2ccco2)cc1. The van der Waals surface area contributed by atoms with Crippen molar-refractivity contribution < 1.29 is 18.7 Å². The third-order valence-corrected chi connectivity index (χ3v) is 4.83. The number of nitrogens with one attached hydrogen (secondary N) is 2. The molecule has 1 aromatic carbocycles. The number of urea groups is 1. The second kappa shape index (κ2) is 8.94. The Labute approximate surface area is 151 Å². The molecule has 2 aromatic rings. The number of amides is 2. The molecule has 0 bridgehead atoms. The van der Waals surface area contributed by atoms with Crippen LogP contribution in [0.1, 0.15) is 12.7 Å². The van der Waals surface area contributed by atoms with Crippen LogP contribution in [0.4, 0.5) is 10.5 Å². The average Bonchev–Trinajstić information content (AvgIpc) is 3.27. The van der Waals surface area contributed by atoms with Crippen LogP contribution in [0.25, 0.3) is 0 Å². The number of rotatable bonds is 7. The van der Waals surface area contributed by atoms with Crippen LogP contribution in [0.15, 0.2) is 52.0 Å². The maximum atomic E-state index is 12.1. The third kappa shape index (κ3) is 5.26. The summed E-state index contributed by atoms with van der Waals surface area (Å²) in [6.45, 7) is 3.52. The highest BCUT2D eigenvalue weighted by Gasteiger charge is 2.29. The summed E-state index contributed by atoms with van der Waals surface area (Å²) in [6, 6.07) is 11.2. The fourth-order valence-corrected chi connectivity index (χ4v) is 3.37. The Morgan fingerprint density at radius 1 is 1.28 bits per heavy atom. The van der Waals surface area contributed by atoms with Crippen molar-refractivity contribution in [1.82, 2.24) is 5.32 Å². The second-order valence-corrected chi connectivity index (χ2v) is 6.68. The summed E-state index contributed by atoms with van der Waals surface area (Å²) in [7, 11) is 0. The first-order valence-corrected chi connectivity index (χ1v) is 9.25. The molecule has 2 amide bonds. The first kappa shape index (κ1) is 17.8. The van der Waals surface area contributed by atoms with Crippen molar-refractivity contribution in [3.8, 4) is 0 Å². The zero-order valence-corrected chi connectivity index (χ0v) is 14.9. The second-order valence-electron chi connectivity index (χ2n) is 5.63. The van der Waals surface area contributed by atoms with Crippen LogP contribution in [0, 0.1) is 0 Å². The number of thioether (sulfide) groups is 1. The van der Waals surface area contributed by atoms with E-state index in [2.05, 4.69) is 10.6 Å². The summed E-state index contributed by atoms with van der Waals surface area (Å²) in [5, 5.41) is 5.74. The number of benzene rings is 1. The molecule has 134 valence electrons. The molecule has 0 unspecified atom stereocenters. The molecule has 6 nitrogen and oxygen atoms in total. The molecule has 1 saturated heterocycles. The average molecular weight is 362 g/mol. The molecule has 2 heterocycles. The van der Waals surface area contributed by atoms with E-state index in [1.165, 1.54) is 0 Å². The van der Waals surface area contributed by atoms with E-state index in [-0.39, 0.29) is 18.2 Å². The number of anilines is 1. The van der Waals surface area contributed by atoms with E-state index in [1.54, 1.807) is 18.0 Å². The van der Waals surface area contributed by atoms with Gasteiger partial charge in [0.2, 0.25) is 0 Å². The van der Waals surface area contributed by atoms with Gasteiger partial charge < -0.3 is 24.5 Å². The molecular weight excluding hydrogens is 340 g/mol. The van der Waals surface area contributed by atoms with Crippen LogP contribution >= 0.6 is 11.8 Å². The molecule has 2 N–H and O–H groups in total. The monoisotopic (exact) mass is 362 g/mol. The molecule has 0 radical (unpaired) electrons. The molecule has 25 heavy (non-hydrogen) atoms. The molecule has 1 fully saturated rings. The Hall–Kier alpha value is -1.96. The predicted molar refractivity (Wildman–Crippen MR) is 96.9 cm³/mol. The smallest absolute Gasteiger partial charge is 0.319 e. The van der Waals surface area contributed by atoms with Gasteiger partial charge in [0.05, 0.1) is 31.3 Å². The topological polar surface area (TPSA) is 72.7 Å². The van der Waals surface area contributed by atoms with Crippen LogP contribution < -0.4 is 10.6 Å². The van der Waals surface area contributed by atoms with Gasteiger partial charge in [0, 0.05) is 17.2 Å². The number of ether oxygens (including phenoxy) is 2. The highest BCUT2D eigenvalue weighted by molar-refractivity contribution is 7.98. The minimum absolute atomic E-state index is 0.0869. The van der Waals surface area contributed by atoms with Gasteiger partial charge in [0.15, 0.2) is 0 Å². The largest absolute Gasteiger partial charge is 0.468 e. The normalized spacial score (nSPS) is 19.7. The highest BCUT2D eigenvalue weighted by Crippen LogP contribution is 2.24.